The lowest BCUT2D eigenvalue weighted by molar-refractivity contribution is 0.353. The van der Waals surface area contributed by atoms with Gasteiger partial charge >= 0.3 is 0 Å². The van der Waals surface area contributed by atoms with Crippen LogP contribution < -0.4 is 0 Å². The molecule has 0 saturated carbocycles. The maximum atomic E-state index is 5.42. The first-order valence-electron chi connectivity index (χ1n) is 3.64. The van der Waals surface area contributed by atoms with Gasteiger partial charge in [-0.15, -0.1) is 0 Å². The van der Waals surface area contributed by atoms with Crippen LogP contribution in [0.1, 0.15) is 27.7 Å². The molecule has 0 saturated heterocycles. The summed E-state index contributed by atoms with van der Waals surface area (Å²) in [6.45, 7) is 8.95. The third-order valence-electron chi connectivity index (χ3n) is 2.11. The second-order valence-corrected chi connectivity index (χ2v) is 6.34. The molecule has 0 N–H and O–H groups in total. The van der Waals surface area contributed by atoms with Crippen molar-refractivity contribution in [1.82, 2.24) is 0 Å². The first kappa shape index (κ1) is 10.5. The van der Waals surface area contributed by atoms with Crippen LogP contribution >= 0.6 is 11.6 Å². The van der Waals surface area contributed by atoms with Gasteiger partial charge < -0.3 is 4.43 Å². The van der Waals surface area contributed by atoms with Crippen molar-refractivity contribution < 1.29 is 4.43 Å². The zero-order chi connectivity index (χ0) is 8.20. The maximum absolute atomic E-state index is 5.42. The lowest BCUT2D eigenvalue weighted by Crippen LogP contribution is -2.21. The van der Waals surface area contributed by atoms with E-state index in [1.54, 1.807) is 0 Å². The fourth-order valence-corrected chi connectivity index (χ4v) is 1.64. The monoisotopic (exact) mass is 180 g/mol. The molecule has 1 nitrogen and oxygen atoms in total. The Balaban J connectivity index is 3.63. The minimum absolute atomic E-state index is 0.363. The molecule has 0 atom stereocenters. The van der Waals surface area contributed by atoms with Crippen LogP contribution in [-0.2, 0) is 4.43 Å². The summed E-state index contributed by atoms with van der Waals surface area (Å²) in [6.07, 6.45) is 0. The molecule has 0 bridgehead atoms. The van der Waals surface area contributed by atoms with E-state index in [0.29, 0.717) is 17.0 Å². The zero-order valence-electron chi connectivity index (χ0n) is 7.28. The smallest absolute Gasteiger partial charge is 0.169 e. The molecular weight excluding hydrogens is 164 g/mol. The summed E-state index contributed by atoms with van der Waals surface area (Å²) in [4.78, 5) is 0. The van der Waals surface area contributed by atoms with E-state index < -0.39 is 9.76 Å². The molecule has 0 unspecified atom stereocenters. The summed E-state index contributed by atoms with van der Waals surface area (Å²) in [5.41, 5.74) is 0. The van der Waals surface area contributed by atoms with Gasteiger partial charge in [0.25, 0.3) is 0 Å². The summed E-state index contributed by atoms with van der Waals surface area (Å²) in [7, 11) is -0.440. The highest BCUT2D eigenvalue weighted by Crippen LogP contribution is 2.32. The highest BCUT2D eigenvalue weighted by molar-refractivity contribution is 6.33. The van der Waals surface area contributed by atoms with Crippen molar-refractivity contribution >= 4 is 21.4 Å². The maximum Gasteiger partial charge on any atom is 0.169 e. The topological polar surface area (TPSA) is 9.23 Å². The van der Waals surface area contributed by atoms with Gasteiger partial charge in [0.2, 0.25) is 0 Å². The van der Waals surface area contributed by atoms with Crippen molar-refractivity contribution in [2.24, 2.45) is 5.92 Å². The van der Waals surface area contributed by atoms with Gasteiger partial charge in [0, 0.05) is 0 Å². The normalized spacial score (nSPS) is 13.8. The zero-order valence-corrected chi connectivity index (χ0v) is 9.45. The van der Waals surface area contributed by atoms with Crippen molar-refractivity contribution in [2.75, 3.05) is 6.07 Å². The van der Waals surface area contributed by atoms with Crippen molar-refractivity contribution in [3.63, 3.8) is 0 Å². The largest absolute Gasteiger partial charge is 0.410 e. The van der Waals surface area contributed by atoms with Crippen molar-refractivity contribution in [2.45, 2.75) is 32.7 Å². The number of rotatable bonds is 4. The average molecular weight is 181 g/mol. The lowest BCUT2D eigenvalue weighted by atomic mass is 9.99. The summed E-state index contributed by atoms with van der Waals surface area (Å²) in [5, 5.41) is 0.384. The summed E-state index contributed by atoms with van der Waals surface area (Å²) >= 11 is 5.42. The van der Waals surface area contributed by atoms with Crippen LogP contribution in [0.25, 0.3) is 0 Å². The van der Waals surface area contributed by atoms with E-state index in [0.717, 1.165) is 0 Å². The molecule has 0 aromatic carbocycles. The van der Waals surface area contributed by atoms with Gasteiger partial charge in [0.15, 0.2) is 9.76 Å². The summed E-state index contributed by atoms with van der Waals surface area (Å²) in [5.74, 6) is 0.697. The molecule has 0 rings (SSSR count). The van der Waals surface area contributed by atoms with E-state index >= 15 is 0 Å². The Kier molecular flexibility index (Phi) is 4.57. The van der Waals surface area contributed by atoms with E-state index in [-0.39, 0.29) is 0 Å². The molecule has 0 aromatic rings. The highest BCUT2D eigenvalue weighted by Gasteiger charge is 2.22. The van der Waals surface area contributed by atoms with E-state index in [1.165, 1.54) is 0 Å². The van der Waals surface area contributed by atoms with Crippen molar-refractivity contribution in [3.05, 3.63) is 0 Å². The van der Waals surface area contributed by atoms with Gasteiger partial charge in [0.1, 0.15) is 6.07 Å². The van der Waals surface area contributed by atoms with Crippen LogP contribution in [0.3, 0.4) is 0 Å². The quantitative estimate of drug-likeness (QED) is 0.476. The minimum atomic E-state index is -0.440. The van der Waals surface area contributed by atoms with Gasteiger partial charge in [0.05, 0.1) is 0 Å². The van der Waals surface area contributed by atoms with Gasteiger partial charge in [-0.2, -0.15) is 0 Å². The first-order chi connectivity index (χ1) is 4.50. The van der Waals surface area contributed by atoms with Gasteiger partial charge in [-0.05, 0) is 11.0 Å². The second-order valence-electron chi connectivity index (χ2n) is 3.60. The van der Waals surface area contributed by atoms with Crippen LogP contribution in [-0.4, -0.2) is 15.8 Å². The van der Waals surface area contributed by atoms with E-state index in [9.17, 15) is 0 Å². The van der Waals surface area contributed by atoms with Gasteiger partial charge in [-0.25, -0.2) is 0 Å². The molecule has 0 aliphatic rings. The SMILES string of the molecule is CC(C)C(C)(C)[SiH2]OCCl. The number of hydrogen-bond donors (Lipinski definition) is 0. The summed E-state index contributed by atoms with van der Waals surface area (Å²) < 4.78 is 5.26. The Labute approximate surface area is 71.0 Å². The van der Waals surface area contributed by atoms with E-state index in [1.807, 2.05) is 0 Å². The van der Waals surface area contributed by atoms with Crippen LogP contribution in [0.5, 0.6) is 0 Å². The molecule has 3 heteroatoms. The third-order valence-corrected chi connectivity index (χ3v) is 4.50. The fourth-order valence-electron chi connectivity index (χ4n) is 0.468. The molecule has 0 amide bonds. The number of halogens is 1. The molecule has 0 aromatic heterocycles. The number of hydrogen-bond acceptors (Lipinski definition) is 1. The van der Waals surface area contributed by atoms with Gasteiger partial charge in [-0.3, -0.25) is 0 Å². The summed E-state index contributed by atoms with van der Waals surface area (Å²) in [6, 6.07) is 0.363. The molecule has 0 heterocycles. The first-order valence-corrected chi connectivity index (χ1v) is 5.46. The Hall–Kier alpha value is 0.467. The Bertz CT molecular complexity index is 93.6. The van der Waals surface area contributed by atoms with Gasteiger partial charge in [-0.1, -0.05) is 39.3 Å². The van der Waals surface area contributed by atoms with Crippen molar-refractivity contribution in [3.8, 4) is 0 Å². The minimum Gasteiger partial charge on any atom is -0.410 e. The third kappa shape index (κ3) is 3.59. The molecule has 0 aliphatic carbocycles. The molecule has 0 radical (unpaired) electrons. The lowest BCUT2D eigenvalue weighted by Gasteiger charge is -2.27. The predicted octanol–water partition coefficient (Wildman–Crippen LogP) is 2.14. The Morgan fingerprint density at radius 1 is 1.50 bits per heavy atom. The molecule has 10 heavy (non-hydrogen) atoms. The van der Waals surface area contributed by atoms with E-state index in [4.69, 9.17) is 16.0 Å². The standard InChI is InChI=1S/C7H17ClOSi/c1-6(2)7(3,4)10-9-5-8/h6H,5,10H2,1-4H3. The molecule has 62 valence electrons. The molecular formula is C7H17ClOSi. The van der Waals surface area contributed by atoms with Crippen molar-refractivity contribution in [1.29, 1.82) is 0 Å². The van der Waals surface area contributed by atoms with Crippen LogP contribution in [0.15, 0.2) is 0 Å². The molecule has 0 aliphatic heterocycles. The van der Waals surface area contributed by atoms with Crippen LogP contribution in [0.4, 0.5) is 0 Å². The van der Waals surface area contributed by atoms with Crippen LogP contribution in [0, 0.1) is 5.92 Å². The Morgan fingerprint density at radius 3 is 2.30 bits per heavy atom. The van der Waals surface area contributed by atoms with Crippen LogP contribution in [0.2, 0.25) is 5.04 Å². The molecule has 0 spiro atoms. The number of alkyl halides is 1. The Morgan fingerprint density at radius 2 is 2.00 bits per heavy atom. The van der Waals surface area contributed by atoms with E-state index in [2.05, 4.69) is 27.7 Å². The average Bonchev–Trinajstić information content (AvgIpc) is 1.84. The second kappa shape index (κ2) is 4.37. The fraction of sp³-hybridized carbons (Fsp3) is 1.00. The highest BCUT2D eigenvalue weighted by atomic mass is 35.5. The predicted molar refractivity (Wildman–Crippen MR) is 49.2 cm³/mol. The molecule has 0 fully saturated rings.